The molecule has 0 unspecified atom stereocenters. The van der Waals surface area contributed by atoms with E-state index in [0.717, 1.165) is 20.8 Å². The van der Waals surface area contributed by atoms with Crippen LogP contribution >= 0.6 is 46.5 Å². The number of hydrogen-bond acceptors (Lipinski definition) is 5. The summed E-state index contributed by atoms with van der Waals surface area (Å²) in [5.74, 6) is -0.103. The van der Waals surface area contributed by atoms with Crippen LogP contribution in [-0.2, 0) is 11.2 Å². The van der Waals surface area contributed by atoms with E-state index in [9.17, 15) is 4.79 Å². The first kappa shape index (κ1) is 14.6. The number of nitrogens with zero attached hydrogens (tertiary/aromatic N) is 1. The predicted octanol–water partition coefficient (Wildman–Crippen LogP) is 4.56. The summed E-state index contributed by atoms with van der Waals surface area (Å²) in [6.07, 6.45) is 0.292. The van der Waals surface area contributed by atoms with Gasteiger partial charge in [0.2, 0.25) is 5.91 Å². The van der Waals surface area contributed by atoms with Crippen LogP contribution in [0, 0.1) is 10.9 Å². The van der Waals surface area contributed by atoms with Crippen molar-refractivity contribution in [3.05, 3.63) is 37.7 Å². The number of fused-ring (bicyclic) bond motifs is 1. The zero-order valence-electron chi connectivity index (χ0n) is 10.9. The molecule has 108 valence electrons. The van der Waals surface area contributed by atoms with Crippen molar-refractivity contribution in [2.24, 2.45) is 0 Å². The zero-order valence-corrected chi connectivity index (χ0v) is 14.1. The number of aromatic amines is 1. The van der Waals surface area contributed by atoms with E-state index in [1.165, 1.54) is 22.7 Å². The summed E-state index contributed by atoms with van der Waals surface area (Å²) in [5, 5.41) is 4.06. The highest BCUT2D eigenvalue weighted by Crippen LogP contribution is 2.28. The number of halogens is 1. The Hall–Kier alpha value is -1.28. The number of anilines is 1. The van der Waals surface area contributed by atoms with Gasteiger partial charge >= 0.3 is 0 Å². The molecular formula is C13H10ClN3OS3. The number of carbonyl (C=O) groups excluding carboxylic acids is 1. The molecule has 0 aliphatic carbocycles. The highest BCUT2D eigenvalue weighted by Gasteiger charge is 2.11. The van der Waals surface area contributed by atoms with Crippen molar-refractivity contribution in [3.8, 4) is 0 Å². The molecule has 0 saturated carbocycles. The maximum absolute atomic E-state index is 12.1. The number of carbonyl (C=O) groups is 1. The SMILES string of the molecule is Cc1[nH]c(=S)sc1CC(=O)Nc1nc2ccc(Cl)cc2s1. The molecule has 8 heteroatoms. The normalized spacial score (nSPS) is 11.0. The molecule has 0 saturated heterocycles. The number of nitrogens with one attached hydrogen (secondary N) is 2. The second-order valence-corrected chi connectivity index (χ2v) is 7.66. The lowest BCUT2D eigenvalue weighted by molar-refractivity contribution is -0.115. The fraction of sp³-hybridized carbons (Fsp3) is 0.154. The van der Waals surface area contributed by atoms with Gasteiger partial charge in [-0.2, -0.15) is 0 Å². The lowest BCUT2D eigenvalue weighted by Crippen LogP contribution is -2.13. The van der Waals surface area contributed by atoms with Crippen molar-refractivity contribution >= 4 is 67.7 Å². The summed E-state index contributed by atoms with van der Waals surface area (Å²) < 4.78 is 1.64. The van der Waals surface area contributed by atoms with Crippen molar-refractivity contribution in [2.45, 2.75) is 13.3 Å². The summed E-state index contributed by atoms with van der Waals surface area (Å²) in [6, 6.07) is 5.46. The van der Waals surface area contributed by atoms with Crippen LogP contribution in [0.25, 0.3) is 10.2 Å². The number of benzene rings is 1. The largest absolute Gasteiger partial charge is 0.341 e. The molecule has 0 radical (unpaired) electrons. The van der Waals surface area contributed by atoms with E-state index in [-0.39, 0.29) is 5.91 Å². The van der Waals surface area contributed by atoms with Crippen LogP contribution in [0.3, 0.4) is 0 Å². The van der Waals surface area contributed by atoms with Gasteiger partial charge < -0.3 is 10.3 Å². The molecule has 0 bridgehead atoms. The standard InChI is InChI=1S/C13H10ClN3OS3/c1-6-9(21-13(19)15-6)5-11(18)17-12-16-8-3-2-7(14)4-10(8)20-12/h2-4H,5H2,1H3,(H,15,19)(H,16,17,18). The third-order valence-electron chi connectivity index (χ3n) is 2.84. The topological polar surface area (TPSA) is 57.8 Å². The average Bonchev–Trinajstić information content (AvgIpc) is 2.91. The Morgan fingerprint density at radius 1 is 1.48 bits per heavy atom. The quantitative estimate of drug-likeness (QED) is 0.677. The molecule has 3 aromatic rings. The summed E-state index contributed by atoms with van der Waals surface area (Å²) >= 11 is 13.8. The molecule has 4 nitrogen and oxygen atoms in total. The monoisotopic (exact) mass is 355 g/mol. The fourth-order valence-corrected chi connectivity index (χ4v) is 4.31. The molecule has 1 aromatic carbocycles. The van der Waals surface area contributed by atoms with Gasteiger partial charge in [-0.15, -0.1) is 11.3 Å². The molecule has 2 aromatic heterocycles. The number of hydrogen-bond donors (Lipinski definition) is 2. The number of aromatic nitrogens is 2. The summed E-state index contributed by atoms with van der Waals surface area (Å²) in [6.45, 7) is 1.91. The molecule has 1 amide bonds. The van der Waals surface area contributed by atoms with E-state index in [1.807, 2.05) is 19.1 Å². The maximum atomic E-state index is 12.1. The lowest BCUT2D eigenvalue weighted by Gasteiger charge is -2.00. The van der Waals surface area contributed by atoms with Crippen LogP contribution in [-0.4, -0.2) is 15.9 Å². The van der Waals surface area contributed by atoms with E-state index in [2.05, 4.69) is 15.3 Å². The Kier molecular flexibility index (Phi) is 4.08. The van der Waals surface area contributed by atoms with E-state index < -0.39 is 0 Å². The Bertz CT molecular complexity index is 880. The highest BCUT2D eigenvalue weighted by atomic mass is 35.5. The van der Waals surface area contributed by atoms with Crippen LogP contribution in [0.4, 0.5) is 5.13 Å². The molecule has 0 aliphatic rings. The molecular weight excluding hydrogens is 346 g/mol. The van der Waals surface area contributed by atoms with Crippen LogP contribution in [0.5, 0.6) is 0 Å². The minimum Gasteiger partial charge on any atom is -0.341 e. The number of thiazole rings is 2. The van der Waals surface area contributed by atoms with Crippen LogP contribution < -0.4 is 5.32 Å². The molecule has 0 atom stereocenters. The van der Waals surface area contributed by atoms with Crippen LogP contribution in [0.1, 0.15) is 10.6 Å². The van der Waals surface area contributed by atoms with Crippen molar-refractivity contribution in [1.29, 1.82) is 0 Å². The second-order valence-electron chi connectivity index (χ2n) is 4.42. The number of aryl methyl sites for hydroxylation is 1. The average molecular weight is 356 g/mol. The Balaban J connectivity index is 1.77. The molecule has 2 N–H and O–H groups in total. The Labute approximate surface area is 138 Å². The van der Waals surface area contributed by atoms with Gasteiger partial charge in [-0.05, 0) is 37.3 Å². The molecule has 21 heavy (non-hydrogen) atoms. The summed E-state index contributed by atoms with van der Waals surface area (Å²) in [5.41, 5.74) is 1.77. The molecule has 0 fully saturated rings. The summed E-state index contributed by atoms with van der Waals surface area (Å²) in [7, 11) is 0. The molecule has 3 rings (SSSR count). The lowest BCUT2D eigenvalue weighted by atomic mass is 10.3. The van der Waals surface area contributed by atoms with Crippen molar-refractivity contribution < 1.29 is 4.79 Å². The Morgan fingerprint density at radius 2 is 2.29 bits per heavy atom. The van der Waals surface area contributed by atoms with Crippen molar-refractivity contribution in [1.82, 2.24) is 9.97 Å². The number of H-pyrrole nitrogens is 1. The van der Waals surface area contributed by atoms with Gasteiger partial charge in [0.15, 0.2) is 9.09 Å². The van der Waals surface area contributed by atoms with E-state index in [4.69, 9.17) is 23.8 Å². The van der Waals surface area contributed by atoms with Crippen LogP contribution in [0.15, 0.2) is 18.2 Å². The minimum absolute atomic E-state index is 0.103. The number of rotatable bonds is 3. The minimum atomic E-state index is -0.103. The van der Waals surface area contributed by atoms with E-state index >= 15 is 0 Å². The van der Waals surface area contributed by atoms with E-state index in [0.29, 0.717) is 20.5 Å². The summed E-state index contributed by atoms with van der Waals surface area (Å²) in [4.78, 5) is 20.4. The third-order valence-corrected chi connectivity index (χ3v) is 5.35. The van der Waals surface area contributed by atoms with Gasteiger partial charge in [0.1, 0.15) is 0 Å². The van der Waals surface area contributed by atoms with Crippen molar-refractivity contribution in [3.63, 3.8) is 0 Å². The first-order valence-corrected chi connectivity index (χ1v) is 8.48. The first-order chi connectivity index (χ1) is 10.0. The van der Waals surface area contributed by atoms with Gasteiger partial charge in [0.05, 0.1) is 16.6 Å². The molecule has 0 aliphatic heterocycles. The number of amides is 1. The van der Waals surface area contributed by atoms with Crippen molar-refractivity contribution in [2.75, 3.05) is 5.32 Å². The molecule has 2 heterocycles. The Morgan fingerprint density at radius 3 is 3.00 bits per heavy atom. The smallest absolute Gasteiger partial charge is 0.231 e. The third kappa shape index (κ3) is 3.32. The predicted molar refractivity (Wildman–Crippen MR) is 91.2 cm³/mol. The van der Waals surface area contributed by atoms with Crippen LogP contribution in [0.2, 0.25) is 5.02 Å². The van der Waals surface area contributed by atoms with Gasteiger partial charge in [0.25, 0.3) is 0 Å². The van der Waals surface area contributed by atoms with Gasteiger partial charge in [0, 0.05) is 15.6 Å². The molecule has 0 spiro atoms. The van der Waals surface area contributed by atoms with Gasteiger partial charge in [-0.1, -0.05) is 22.9 Å². The first-order valence-electron chi connectivity index (χ1n) is 6.06. The second kappa shape index (κ2) is 5.84. The van der Waals surface area contributed by atoms with Gasteiger partial charge in [-0.25, -0.2) is 4.98 Å². The van der Waals surface area contributed by atoms with Gasteiger partial charge in [-0.3, -0.25) is 4.79 Å². The highest BCUT2D eigenvalue weighted by molar-refractivity contribution is 7.73. The fourth-order valence-electron chi connectivity index (χ4n) is 1.87. The maximum Gasteiger partial charge on any atom is 0.231 e. The zero-order chi connectivity index (χ0) is 15.0. The van der Waals surface area contributed by atoms with E-state index in [1.54, 1.807) is 6.07 Å².